The van der Waals surface area contributed by atoms with Crippen LogP contribution < -0.4 is 15.6 Å². The summed E-state index contributed by atoms with van der Waals surface area (Å²) < 4.78 is 10.0. The van der Waals surface area contributed by atoms with Gasteiger partial charge in [0.15, 0.2) is 6.10 Å². The van der Waals surface area contributed by atoms with Crippen LogP contribution >= 0.6 is 23.2 Å². The number of hydrazine groups is 1. The number of nitrogens with one attached hydrogen (secondary N) is 2. The predicted octanol–water partition coefficient (Wildman–Crippen LogP) is 3.01. The fourth-order valence-electron chi connectivity index (χ4n) is 1.98. The highest BCUT2D eigenvalue weighted by Crippen LogP contribution is 2.28. The van der Waals surface area contributed by atoms with E-state index in [1.54, 1.807) is 6.07 Å². The molecule has 0 radical (unpaired) electrons. The molecule has 0 spiro atoms. The zero-order valence-electron chi connectivity index (χ0n) is 14.4. The van der Waals surface area contributed by atoms with Crippen LogP contribution in [-0.2, 0) is 9.53 Å². The maximum atomic E-state index is 12.1. The minimum Gasteiger partial charge on any atom is -0.479 e. The highest BCUT2D eigenvalue weighted by atomic mass is 35.5. The van der Waals surface area contributed by atoms with Crippen LogP contribution in [0.3, 0.4) is 0 Å². The molecule has 0 saturated carbocycles. The maximum absolute atomic E-state index is 12.1. The van der Waals surface area contributed by atoms with Crippen LogP contribution in [-0.4, -0.2) is 31.0 Å². The molecule has 0 aromatic heterocycles. The minimum absolute atomic E-state index is 0.247. The van der Waals surface area contributed by atoms with Gasteiger partial charge in [-0.1, -0.05) is 23.2 Å². The number of benzene rings is 2. The van der Waals surface area contributed by atoms with Gasteiger partial charge in [-0.2, -0.15) is 0 Å². The molecular formula is C18H16Cl2N2O5. The Morgan fingerprint density at radius 2 is 1.59 bits per heavy atom. The standard InChI is InChI=1S/C18H16Cl2N2O5/c1-10(27-15-8-7-13(19)9-14(15)20)16(23)21-22-17(24)11-3-5-12(6-4-11)18(25)26-2/h3-10H,1-2H3,(H,21,23)(H,22,24). The van der Waals surface area contributed by atoms with E-state index >= 15 is 0 Å². The molecule has 2 N–H and O–H groups in total. The highest BCUT2D eigenvalue weighted by molar-refractivity contribution is 6.35. The van der Waals surface area contributed by atoms with E-state index < -0.39 is 23.9 Å². The normalized spacial score (nSPS) is 11.3. The number of ether oxygens (including phenoxy) is 2. The summed E-state index contributed by atoms with van der Waals surface area (Å²) in [5.41, 5.74) is 5.07. The minimum atomic E-state index is -0.925. The van der Waals surface area contributed by atoms with E-state index in [9.17, 15) is 14.4 Å². The number of carbonyl (C=O) groups excluding carboxylic acids is 3. The molecule has 2 aromatic carbocycles. The Hall–Kier alpha value is -2.77. The van der Waals surface area contributed by atoms with E-state index in [1.807, 2.05) is 0 Å². The number of amides is 2. The number of hydrogen-bond donors (Lipinski definition) is 2. The van der Waals surface area contributed by atoms with Crippen LogP contribution in [0.15, 0.2) is 42.5 Å². The first-order chi connectivity index (χ1) is 12.8. The first kappa shape index (κ1) is 20.5. The van der Waals surface area contributed by atoms with Crippen molar-refractivity contribution in [3.8, 4) is 5.75 Å². The van der Waals surface area contributed by atoms with Gasteiger partial charge in [0.05, 0.1) is 17.7 Å². The maximum Gasteiger partial charge on any atom is 0.337 e. The molecule has 0 fully saturated rings. The number of halogens is 2. The molecule has 27 heavy (non-hydrogen) atoms. The summed E-state index contributed by atoms with van der Waals surface area (Å²) in [6, 6.07) is 10.3. The second-order valence-corrected chi connectivity index (χ2v) is 6.19. The molecule has 0 aliphatic heterocycles. The van der Waals surface area contributed by atoms with Gasteiger partial charge in [-0.3, -0.25) is 20.4 Å². The Balaban J connectivity index is 1.90. The van der Waals surface area contributed by atoms with Crippen molar-refractivity contribution in [2.75, 3.05) is 7.11 Å². The van der Waals surface area contributed by atoms with E-state index in [0.717, 1.165) is 0 Å². The van der Waals surface area contributed by atoms with Gasteiger partial charge in [0, 0.05) is 10.6 Å². The van der Waals surface area contributed by atoms with Gasteiger partial charge in [-0.25, -0.2) is 4.79 Å². The number of hydrogen-bond acceptors (Lipinski definition) is 5. The molecule has 9 heteroatoms. The highest BCUT2D eigenvalue weighted by Gasteiger charge is 2.17. The van der Waals surface area contributed by atoms with Crippen LogP contribution in [0, 0.1) is 0 Å². The first-order valence-electron chi connectivity index (χ1n) is 7.72. The van der Waals surface area contributed by atoms with Crippen molar-refractivity contribution < 1.29 is 23.9 Å². The van der Waals surface area contributed by atoms with Gasteiger partial charge in [-0.05, 0) is 49.4 Å². The monoisotopic (exact) mass is 410 g/mol. The molecule has 2 amide bonds. The Labute approximate surface area is 165 Å². The van der Waals surface area contributed by atoms with Gasteiger partial charge < -0.3 is 9.47 Å². The lowest BCUT2D eigenvalue weighted by molar-refractivity contribution is -0.128. The van der Waals surface area contributed by atoms with Crippen molar-refractivity contribution in [3.63, 3.8) is 0 Å². The first-order valence-corrected chi connectivity index (χ1v) is 8.47. The Bertz CT molecular complexity index is 855. The van der Waals surface area contributed by atoms with E-state index in [1.165, 1.54) is 50.4 Å². The average Bonchev–Trinajstić information content (AvgIpc) is 2.67. The van der Waals surface area contributed by atoms with Crippen LogP contribution in [0.1, 0.15) is 27.6 Å². The molecule has 0 saturated heterocycles. The van der Waals surface area contributed by atoms with E-state index in [2.05, 4.69) is 15.6 Å². The van der Waals surface area contributed by atoms with Gasteiger partial charge >= 0.3 is 5.97 Å². The largest absolute Gasteiger partial charge is 0.479 e. The topological polar surface area (TPSA) is 93.7 Å². The van der Waals surface area contributed by atoms with Crippen molar-refractivity contribution in [2.24, 2.45) is 0 Å². The molecule has 142 valence electrons. The molecule has 2 aromatic rings. The Morgan fingerprint density at radius 1 is 0.963 bits per heavy atom. The molecular weight excluding hydrogens is 395 g/mol. The summed E-state index contributed by atoms with van der Waals surface area (Å²) >= 11 is 11.8. The Morgan fingerprint density at radius 3 is 2.19 bits per heavy atom. The molecule has 0 aliphatic carbocycles. The summed E-state index contributed by atoms with van der Waals surface area (Å²) in [5, 5.41) is 0.701. The van der Waals surface area contributed by atoms with Crippen LogP contribution in [0.5, 0.6) is 5.75 Å². The molecule has 1 atom stereocenters. The number of esters is 1. The summed E-state index contributed by atoms with van der Waals surface area (Å²) in [7, 11) is 1.26. The lowest BCUT2D eigenvalue weighted by Gasteiger charge is -2.16. The van der Waals surface area contributed by atoms with Crippen molar-refractivity contribution in [3.05, 3.63) is 63.6 Å². The van der Waals surface area contributed by atoms with Crippen molar-refractivity contribution in [1.29, 1.82) is 0 Å². The number of carbonyl (C=O) groups is 3. The lowest BCUT2D eigenvalue weighted by Crippen LogP contribution is -2.47. The molecule has 1 unspecified atom stereocenters. The SMILES string of the molecule is COC(=O)c1ccc(C(=O)NNC(=O)C(C)Oc2ccc(Cl)cc2Cl)cc1. The third kappa shape index (κ3) is 5.60. The predicted molar refractivity (Wildman–Crippen MR) is 99.9 cm³/mol. The fraction of sp³-hybridized carbons (Fsp3) is 0.167. The lowest BCUT2D eigenvalue weighted by atomic mass is 10.1. The fourth-order valence-corrected chi connectivity index (χ4v) is 2.44. The molecule has 2 rings (SSSR count). The van der Waals surface area contributed by atoms with Crippen molar-refractivity contribution >= 4 is 41.0 Å². The summed E-state index contributed by atoms with van der Waals surface area (Å²) in [4.78, 5) is 35.5. The molecule has 0 heterocycles. The van der Waals surface area contributed by atoms with Gasteiger partial charge in [-0.15, -0.1) is 0 Å². The molecule has 7 nitrogen and oxygen atoms in total. The average molecular weight is 411 g/mol. The van der Waals surface area contributed by atoms with Gasteiger partial charge in [0.2, 0.25) is 0 Å². The molecule has 0 bridgehead atoms. The second-order valence-electron chi connectivity index (χ2n) is 5.35. The second kappa shape index (κ2) is 9.25. The van der Waals surface area contributed by atoms with E-state index in [-0.39, 0.29) is 16.3 Å². The van der Waals surface area contributed by atoms with Crippen molar-refractivity contribution in [1.82, 2.24) is 10.9 Å². The van der Waals surface area contributed by atoms with Crippen molar-refractivity contribution in [2.45, 2.75) is 13.0 Å². The number of methoxy groups -OCH3 is 1. The third-order valence-electron chi connectivity index (χ3n) is 3.43. The van der Waals surface area contributed by atoms with Crippen LogP contribution in [0.25, 0.3) is 0 Å². The quantitative estimate of drug-likeness (QED) is 0.583. The number of rotatable bonds is 5. The Kier molecular flexibility index (Phi) is 7.04. The van der Waals surface area contributed by atoms with Gasteiger partial charge in [0.1, 0.15) is 5.75 Å². The zero-order valence-corrected chi connectivity index (χ0v) is 15.9. The van der Waals surface area contributed by atoms with Crippen LogP contribution in [0.4, 0.5) is 0 Å². The van der Waals surface area contributed by atoms with E-state index in [0.29, 0.717) is 10.6 Å². The summed E-state index contributed by atoms with van der Waals surface area (Å²) in [6.07, 6.45) is -0.925. The van der Waals surface area contributed by atoms with E-state index in [4.69, 9.17) is 27.9 Å². The third-order valence-corrected chi connectivity index (χ3v) is 3.96. The smallest absolute Gasteiger partial charge is 0.337 e. The summed E-state index contributed by atoms with van der Waals surface area (Å²) in [5.74, 6) is -1.37. The van der Waals surface area contributed by atoms with Crippen LogP contribution in [0.2, 0.25) is 10.0 Å². The van der Waals surface area contributed by atoms with Gasteiger partial charge in [0.25, 0.3) is 11.8 Å². The molecule has 0 aliphatic rings. The summed E-state index contributed by atoms with van der Waals surface area (Å²) in [6.45, 7) is 1.50. The zero-order chi connectivity index (χ0) is 20.0.